The van der Waals surface area contributed by atoms with Gasteiger partial charge in [-0.05, 0) is 37.0 Å². The standard InChI is InChI=1S/C23H28N4O3/c28-18-27-14-7-12-21(27)17-26(15-13-19-8-3-1-4-9-19)22(29)16-24-23(30)25-20-10-5-2-6-11-20/h1-6,8-11,18,21H,7,12-17H2,(H2,24,25,30). The minimum absolute atomic E-state index is 0.0281. The third kappa shape index (κ3) is 6.34. The SMILES string of the molecule is O=CN1CCCC1CN(CCc1ccccc1)C(=O)CNC(=O)Nc1ccccc1. The zero-order valence-electron chi connectivity index (χ0n) is 17.0. The summed E-state index contributed by atoms with van der Waals surface area (Å²) in [6.07, 6.45) is 3.41. The van der Waals surface area contributed by atoms with Crippen molar-refractivity contribution in [2.75, 3.05) is 31.5 Å². The highest BCUT2D eigenvalue weighted by Crippen LogP contribution is 2.17. The van der Waals surface area contributed by atoms with Crippen LogP contribution >= 0.6 is 0 Å². The Balaban J connectivity index is 1.57. The smallest absolute Gasteiger partial charge is 0.319 e. The van der Waals surface area contributed by atoms with Crippen LogP contribution in [-0.2, 0) is 16.0 Å². The van der Waals surface area contributed by atoms with Crippen LogP contribution < -0.4 is 10.6 Å². The number of amides is 4. The second kappa shape index (κ2) is 11.0. The summed E-state index contributed by atoms with van der Waals surface area (Å²) in [6, 6.07) is 18.6. The van der Waals surface area contributed by atoms with E-state index < -0.39 is 6.03 Å². The molecule has 0 bridgehead atoms. The van der Waals surface area contributed by atoms with Gasteiger partial charge in [-0.3, -0.25) is 9.59 Å². The molecule has 1 aliphatic heterocycles. The Morgan fingerprint density at radius 2 is 1.77 bits per heavy atom. The Hall–Kier alpha value is -3.35. The van der Waals surface area contributed by atoms with Gasteiger partial charge in [0.25, 0.3) is 0 Å². The molecule has 1 heterocycles. The lowest BCUT2D eigenvalue weighted by Crippen LogP contribution is -2.47. The van der Waals surface area contributed by atoms with E-state index in [0.717, 1.165) is 37.8 Å². The predicted molar refractivity (Wildman–Crippen MR) is 116 cm³/mol. The van der Waals surface area contributed by atoms with Crippen LogP contribution in [0, 0.1) is 0 Å². The number of benzene rings is 2. The molecule has 1 aliphatic rings. The lowest BCUT2D eigenvalue weighted by atomic mass is 10.1. The van der Waals surface area contributed by atoms with Crippen LogP contribution in [0.2, 0.25) is 0 Å². The molecule has 7 nitrogen and oxygen atoms in total. The summed E-state index contributed by atoms with van der Waals surface area (Å²) in [4.78, 5) is 39.8. The maximum atomic E-state index is 12.9. The fourth-order valence-corrected chi connectivity index (χ4v) is 3.64. The van der Waals surface area contributed by atoms with E-state index in [9.17, 15) is 14.4 Å². The first-order valence-electron chi connectivity index (χ1n) is 10.3. The Bertz CT molecular complexity index is 829. The minimum atomic E-state index is -0.423. The molecule has 0 saturated carbocycles. The number of carbonyl (C=O) groups excluding carboxylic acids is 3. The molecular weight excluding hydrogens is 380 g/mol. The van der Waals surface area contributed by atoms with Crippen LogP contribution in [0.3, 0.4) is 0 Å². The van der Waals surface area contributed by atoms with Crippen molar-refractivity contribution in [3.05, 3.63) is 66.2 Å². The highest BCUT2D eigenvalue weighted by atomic mass is 16.2. The van der Waals surface area contributed by atoms with Gasteiger partial charge in [-0.2, -0.15) is 0 Å². The fourth-order valence-electron chi connectivity index (χ4n) is 3.64. The monoisotopic (exact) mass is 408 g/mol. The summed E-state index contributed by atoms with van der Waals surface area (Å²) in [5, 5.41) is 5.34. The summed E-state index contributed by atoms with van der Waals surface area (Å²) < 4.78 is 0. The quantitative estimate of drug-likeness (QED) is 0.626. The van der Waals surface area contributed by atoms with Crippen molar-refractivity contribution in [2.45, 2.75) is 25.3 Å². The highest BCUT2D eigenvalue weighted by Gasteiger charge is 2.27. The average molecular weight is 409 g/mol. The summed E-state index contributed by atoms with van der Waals surface area (Å²) in [6.45, 7) is 1.65. The van der Waals surface area contributed by atoms with Crippen molar-refractivity contribution in [1.82, 2.24) is 15.1 Å². The molecule has 0 aromatic heterocycles. The van der Waals surface area contributed by atoms with Gasteiger partial charge in [0.2, 0.25) is 12.3 Å². The largest absolute Gasteiger partial charge is 0.340 e. The van der Waals surface area contributed by atoms with Crippen molar-refractivity contribution in [2.24, 2.45) is 0 Å². The van der Waals surface area contributed by atoms with Crippen LogP contribution in [0.1, 0.15) is 18.4 Å². The molecule has 2 aromatic carbocycles. The van der Waals surface area contributed by atoms with Crippen LogP contribution in [0.15, 0.2) is 60.7 Å². The van der Waals surface area contributed by atoms with E-state index in [-0.39, 0.29) is 18.5 Å². The number of anilines is 1. The van der Waals surface area contributed by atoms with Gasteiger partial charge in [0.1, 0.15) is 0 Å². The number of hydrogen-bond donors (Lipinski definition) is 2. The van der Waals surface area contributed by atoms with E-state index in [0.29, 0.717) is 18.8 Å². The third-order valence-corrected chi connectivity index (χ3v) is 5.29. The number of nitrogens with zero attached hydrogens (tertiary/aromatic N) is 2. The molecule has 30 heavy (non-hydrogen) atoms. The topological polar surface area (TPSA) is 81.8 Å². The zero-order chi connectivity index (χ0) is 21.2. The highest BCUT2D eigenvalue weighted by molar-refractivity contribution is 5.92. The van der Waals surface area contributed by atoms with Gasteiger partial charge in [0.15, 0.2) is 0 Å². The van der Waals surface area contributed by atoms with Gasteiger partial charge in [0, 0.05) is 31.4 Å². The lowest BCUT2D eigenvalue weighted by Gasteiger charge is -2.29. The van der Waals surface area contributed by atoms with Gasteiger partial charge in [-0.1, -0.05) is 48.5 Å². The van der Waals surface area contributed by atoms with Gasteiger partial charge in [0.05, 0.1) is 6.54 Å². The summed E-state index contributed by atoms with van der Waals surface area (Å²) in [7, 11) is 0. The first-order chi connectivity index (χ1) is 14.7. The van der Waals surface area contributed by atoms with Crippen LogP contribution in [0.5, 0.6) is 0 Å². The van der Waals surface area contributed by atoms with Crippen molar-refractivity contribution in [3.8, 4) is 0 Å². The molecule has 7 heteroatoms. The number of likely N-dealkylation sites (tertiary alicyclic amines) is 1. The predicted octanol–water partition coefficient (Wildman–Crippen LogP) is 2.50. The average Bonchev–Trinajstić information content (AvgIpc) is 3.23. The molecule has 1 unspecified atom stereocenters. The molecular formula is C23H28N4O3. The van der Waals surface area contributed by atoms with E-state index in [1.54, 1.807) is 21.9 Å². The van der Waals surface area contributed by atoms with Crippen LogP contribution in [0.25, 0.3) is 0 Å². The van der Waals surface area contributed by atoms with Crippen molar-refractivity contribution >= 4 is 24.0 Å². The third-order valence-electron chi connectivity index (χ3n) is 5.29. The normalized spacial score (nSPS) is 15.5. The summed E-state index contributed by atoms with van der Waals surface area (Å²) in [5.41, 5.74) is 1.81. The maximum Gasteiger partial charge on any atom is 0.319 e. The Kier molecular flexibility index (Phi) is 7.83. The van der Waals surface area contributed by atoms with E-state index >= 15 is 0 Å². The Labute approximate surface area is 177 Å². The van der Waals surface area contributed by atoms with E-state index in [2.05, 4.69) is 10.6 Å². The molecule has 0 radical (unpaired) electrons. The van der Waals surface area contributed by atoms with Gasteiger partial charge in [-0.25, -0.2) is 4.79 Å². The summed E-state index contributed by atoms with van der Waals surface area (Å²) >= 11 is 0. The van der Waals surface area contributed by atoms with E-state index in [1.165, 1.54) is 0 Å². The second-order valence-electron chi connectivity index (χ2n) is 7.39. The first kappa shape index (κ1) is 21.4. The molecule has 2 N–H and O–H groups in total. The zero-order valence-corrected chi connectivity index (χ0v) is 17.0. The molecule has 0 spiro atoms. The lowest BCUT2D eigenvalue weighted by molar-refractivity contribution is -0.132. The molecule has 2 aromatic rings. The molecule has 4 amide bonds. The second-order valence-corrected chi connectivity index (χ2v) is 7.39. The van der Waals surface area contributed by atoms with Gasteiger partial charge < -0.3 is 20.4 Å². The Morgan fingerprint density at radius 3 is 2.47 bits per heavy atom. The van der Waals surface area contributed by atoms with Crippen molar-refractivity contribution in [3.63, 3.8) is 0 Å². The molecule has 1 fully saturated rings. The number of nitrogens with one attached hydrogen (secondary N) is 2. The first-order valence-corrected chi connectivity index (χ1v) is 10.3. The number of hydrogen-bond acceptors (Lipinski definition) is 3. The van der Waals surface area contributed by atoms with Crippen molar-refractivity contribution in [1.29, 1.82) is 0 Å². The minimum Gasteiger partial charge on any atom is -0.340 e. The molecule has 0 aliphatic carbocycles. The van der Waals surface area contributed by atoms with Crippen molar-refractivity contribution < 1.29 is 14.4 Å². The Morgan fingerprint density at radius 1 is 1.07 bits per heavy atom. The molecule has 158 valence electrons. The van der Waals surface area contributed by atoms with E-state index in [4.69, 9.17) is 0 Å². The fraction of sp³-hybridized carbons (Fsp3) is 0.348. The molecule has 1 saturated heterocycles. The number of para-hydroxylation sites is 1. The maximum absolute atomic E-state index is 12.9. The molecule has 3 rings (SSSR count). The van der Waals surface area contributed by atoms with Crippen LogP contribution in [-0.4, -0.2) is 60.4 Å². The summed E-state index contributed by atoms with van der Waals surface area (Å²) in [5.74, 6) is -0.160. The number of urea groups is 1. The van der Waals surface area contributed by atoms with Gasteiger partial charge >= 0.3 is 6.03 Å². The number of rotatable bonds is 9. The number of carbonyl (C=O) groups is 3. The molecule has 1 atom stereocenters. The van der Waals surface area contributed by atoms with Gasteiger partial charge in [-0.15, -0.1) is 0 Å². The van der Waals surface area contributed by atoms with E-state index in [1.807, 2.05) is 48.5 Å². The van der Waals surface area contributed by atoms with Crippen LogP contribution in [0.4, 0.5) is 10.5 Å².